The number of benzene rings is 2. The molecule has 1 fully saturated rings. The van der Waals surface area contributed by atoms with E-state index in [1.165, 1.54) is 22.3 Å². The molecule has 0 saturated carbocycles. The van der Waals surface area contributed by atoms with Crippen LogP contribution in [0.1, 0.15) is 48.1 Å². The lowest BCUT2D eigenvalue weighted by atomic mass is 10.00. The van der Waals surface area contributed by atoms with Crippen molar-refractivity contribution in [1.29, 1.82) is 0 Å². The Kier molecular flexibility index (Phi) is 8.56. The highest BCUT2D eigenvalue weighted by Gasteiger charge is 2.27. The molecule has 0 bridgehead atoms. The second kappa shape index (κ2) is 11.2. The second-order valence-electron chi connectivity index (χ2n) is 9.55. The van der Waals surface area contributed by atoms with Crippen LogP contribution < -0.4 is 4.74 Å². The summed E-state index contributed by atoms with van der Waals surface area (Å²) >= 11 is 0. The van der Waals surface area contributed by atoms with Crippen molar-refractivity contribution in [3.8, 4) is 17.6 Å². The Labute approximate surface area is 199 Å². The summed E-state index contributed by atoms with van der Waals surface area (Å²) < 4.78 is 5.46. The summed E-state index contributed by atoms with van der Waals surface area (Å²) in [6.45, 7) is 12.5. The summed E-state index contributed by atoms with van der Waals surface area (Å²) in [6.07, 6.45) is 0.774. The van der Waals surface area contributed by atoms with Crippen molar-refractivity contribution in [3.63, 3.8) is 0 Å². The van der Waals surface area contributed by atoms with Crippen molar-refractivity contribution >= 4 is 0 Å². The van der Waals surface area contributed by atoms with Gasteiger partial charge in [-0.1, -0.05) is 30.0 Å². The average molecular weight is 451 g/mol. The van der Waals surface area contributed by atoms with Gasteiger partial charge in [0, 0.05) is 50.9 Å². The quantitative estimate of drug-likeness (QED) is 0.633. The maximum Gasteiger partial charge on any atom is 0.122 e. The Balaban J connectivity index is 1.64. The van der Waals surface area contributed by atoms with Gasteiger partial charge in [0.15, 0.2) is 0 Å². The SMILES string of the molecule is COc1ccc(CN2CCN(Cc3ccc(C#CC(C)(C)O)cc3)C[C@@H]2CCO)c(C)c1C. The van der Waals surface area contributed by atoms with Crippen LogP contribution in [0, 0.1) is 25.7 Å². The van der Waals surface area contributed by atoms with Crippen molar-refractivity contribution in [2.45, 2.75) is 58.8 Å². The van der Waals surface area contributed by atoms with Crippen LogP contribution in [0.15, 0.2) is 36.4 Å². The van der Waals surface area contributed by atoms with E-state index in [0.29, 0.717) is 6.04 Å². The van der Waals surface area contributed by atoms with Gasteiger partial charge in [0.2, 0.25) is 0 Å². The van der Waals surface area contributed by atoms with Crippen molar-refractivity contribution < 1.29 is 14.9 Å². The van der Waals surface area contributed by atoms with Gasteiger partial charge in [-0.25, -0.2) is 0 Å². The zero-order chi connectivity index (χ0) is 24.0. The summed E-state index contributed by atoms with van der Waals surface area (Å²) in [5, 5.41) is 19.5. The maximum absolute atomic E-state index is 9.78. The number of rotatable bonds is 7. The molecule has 5 heteroatoms. The molecule has 3 rings (SSSR count). The molecule has 0 amide bonds. The summed E-state index contributed by atoms with van der Waals surface area (Å²) in [5.41, 5.74) is 4.99. The predicted molar refractivity (Wildman–Crippen MR) is 133 cm³/mol. The molecule has 1 heterocycles. The second-order valence-corrected chi connectivity index (χ2v) is 9.55. The molecular weight excluding hydrogens is 412 g/mol. The molecule has 0 spiro atoms. The van der Waals surface area contributed by atoms with E-state index in [4.69, 9.17) is 4.74 Å². The van der Waals surface area contributed by atoms with Gasteiger partial charge < -0.3 is 14.9 Å². The van der Waals surface area contributed by atoms with Crippen LogP contribution >= 0.6 is 0 Å². The van der Waals surface area contributed by atoms with Crippen LogP contribution in [-0.2, 0) is 13.1 Å². The Bertz CT molecular complexity index is 983. The number of methoxy groups -OCH3 is 1. The van der Waals surface area contributed by atoms with Gasteiger partial charge in [0.1, 0.15) is 11.4 Å². The first kappa shape index (κ1) is 25.3. The Morgan fingerprint density at radius 1 is 1.03 bits per heavy atom. The lowest BCUT2D eigenvalue weighted by molar-refractivity contribution is 0.0498. The molecule has 2 aromatic rings. The van der Waals surface area contributed by atoms with Crippen molar-refractivity contribution in [2.75, 3.05) is 33.4 Å². The molecule has 0 aromatic heterocycles. The van der Waals surface area contributed by atoms with E-state index in [1.54, 1.807) is 21.0 Å². The first-order chi connectivity index (χ1) is 15.7. The van der Waals surface area contributed by atoms with Crippen molar-refractivity contribution in [1.82, 2.24) is 9.80 Å². The van der Waals surface area contributed by atoms with Gasteiger partial charge in [-0.2, -0.15) is 0 Å². The van der Waals surface area contributed by atoms with Gasteiger partial charge in [0.25, 0.3) is 0 Å². The van der Waals surface area contributed by atoms with E-state index < -0.39 is 5.60 Å². The molecule has 0 radical (unpaired) electrons. The molecule has 0 unspecified atom stereocenters. The monoisotopic (exact) mass is 450 g/mol. The van der Waals surface area contributed by atoms with Crippen LogP contribution in [-0.4, -0.2) is 65.0 Å². The van der Waals surface area contributed by atoms with Crippen LogP contribution in [0.4, 0.5) is 0 Å². The predicted octanol–water partition coefficient (Wildman–Crippen LogP) is 3.50. The minimum absolute atomic E-state index is 0.199. The number of aliphatic hydroxyl groups excluding tert-OH is 1. The highest BCUT2D eigenvalue weighted by molar-refractivity contribution is 5.43. The highest BCUT2D eigenvalue weighted by Crippen LogP contribution is 2.26. The van der Waals surface area contributed by atoms with Gasteiger partial charge in [0.05, 0.1) is 7.11 Å². The third-order valence-corrected chi connectivity index (χ3v) is 6.47. The summed E-state index contributed by atoms with van der Waals surface area (Å²) in [5.74, 6) is 6.82. The lowest BCUT2D eigenvalue weighted by Crippen LogP contribution is -2.52. The minimum Gasteiger partial charge on any atom is -0.496 e. The molecule has 1 aliphatic rings. The van der Waals surface area contributed by atoms with Crippen LogP contribution in [0.25, 0.3) is 0 Å². The van der Waals surface area contributed by atoms with Crippen LogP contribution in [0.5, 0.6) is 5.75 Å². The normalized spacial score (nSPS) is 17.5. The number of nitrogens with zero attached hydrogens (tertiary/aromatic N) is 2. The van der Waals surface area contributed by atoms with E-state index in [-0.39, 0.29) is 6.61 Å². The highest BCUT2D eigenvalue weighted by atomic mass is 16.5. The molecule has 5 nitrogen and oxygen atoms in total. The van der Waals surface area contributed by atoms with Crippen molar-refractivity contribution in [2.24, 2.45) is 0 Å². The summed E-state index contributed by atoms with van der Waals surface area (Å²) in [7, 11) is 1.72. The Hall–Kier alpha value is -2.36. The molecule has 1 aliphatic heterocycles. The smallest absolute Gasteiger partial charge is 0.122 e. The molecule has 2 aromatic carbocycles. The molecular formula is C28H38N2O3. The Morgan fingerprint density at radius 3 is 2.39 bits per heavy atom. The van der Waals surface area contributed by atoms with E-state index in [9.17, 15) is 10.2 Å². The summed E-state index contributed by atoms with van der Waals surface area (Å²) in [6, 6.07) is 12.8. The molecule has 33 heavy (non-hydrogen) atoms. The molecule has 178 valence electrons. The lowest BCUT2D eigenvalue weighted by Gasteiger charge is -2.41. The Morgan fingerprint density at radius 2 is 1.76 bits per heavy atom. The molecule has 2 N–H and O–H groups in total. The third kappa shape index (κ3) is 7.06. The number of ether oxygens (including phenoxy) is 1. The van der Waals surface area contributed by atoms with Gasteiger partial charge >= 0.3 is 0 Å². The third-order valence-electron chi connectivity index (χ3n) is 6.47. The number of aliphatic hydroxyl groups is 2. The zero-order valence-electron chi connectivity index (χ0n) is 20.7. The zero-order valence-corrected chi connectivity index (χ0v) is 20.7. The standard InChI is InChI=1S/C28H38N2O3/c1-21-22(2)27(33-5)11-10-25(21)19-30-16-15-29(20-26(30)13-17-31)18-24-8-6-23(7-9-24)12-14-28(3,4)32/h6-11,26,31-32H,13,15-20H2,1-5H3/t26-/m0/s1. The largest absolute Gasteiger partial charge is 0.496 e. The average Bonchev–Trinajstić information content (AvgIpc) is 2.78. The van der Waals surface area contributed by atoms with E-state index in [2.05, 4.69) is 59.8 Å². The first-order valence-electron chi connectivity index (χ1n) is 11.7. The topological polar surface area (TPSA) is 56.2 Å². The fourth-order valence-corrected chi connectivity index (χ4v) is 4.37. The van der Waals surface area contributed by atoms with Crippen molar-refractivity contribution in [3.05, 3.63) is 64.2 Å². The first-order valence-corrected chi connectivity index (χ1v) is 11.7. The number of hydrogen-bond donors (Lipinski definition) is 2. The fraction of sp³-hybridized carbons (Fsp3) is 0.500. The van der Waals surface area contributed by atoms with Crippen LogP contribution in [0.2, 0.25) is 0 Å². The molecule has 0 aliphatic carbocycles. The van der Waals surface area contributed by atoms with E-state index in [1.807, 2.05) is 12.1 Å². The maximum atomic E-state index is 9.78. The minimum atomic E-state index is -0.983. The van der Waals surface area contributed by atoms with E-state index >= 15 is 0 Å². The molecule has 1 atom stereocenters. The van der Waals surface area contributed by atoms with Gasteiger partial charge in [-0.15, -0.1) is 0 Å². The van der Waals surface area contributed by atoms with Gasteiger partial charge in [-0.05, 0) is 74.6 Å². The van der Waals surface area contributed by atoms with Gasteiger partial charge in [-0.3, -0.25) is 9.80 Å². The van der Waals surface area contributed by atoms with Crippen LogP contribution in [0.3, 0.4) is 0 Å². The summed E-state index contributed by atoms with van der Waals surface area (Å²) in [4.78, 5) is 4.98. The fourth-order valence-electron chi connectivity index (χ4n) is 4.37. The molecule has 1 saturated heterocycles. The number of piperazine rings is 1. The van der Waals surface area contributed by atoms with E-state index in [0.717, 1.165) is 50.5 Å². The number of hydrogen-bond acceptors (Lipinski definition) is 5.